The highest BCUT2D eigenvalue weighted by molar-refractivity contribution is 5.93. The van der Waals surface area contributed by atoms with E-state index in [2.05, 4.69) is 16.8 Å². The minimum atomic E-state index is 0.102. The van der Waals surface area contributed by atoms with Gasteiger partial charge in [-0.15, -0.1) is 0 Å². The number of carbonyl (C=O) groups excluding carboxylic acids is 1. The van der Waals surface area contributed by atoms with Gasteiger partial charge in [-0.1, -0.05) is 37.2 Å². The van der Waals surface area contributed by atoms with Crippen molar-refractivity contribution in [1.29, 1.82) is 0 Å². The van der Waals surface area contributed by atoms with E-state index in [0.29, 0.717) is 12.8 Å². The summed E-state index contributed by atoms with van der Waals surface area (Å²) in [5.74, 6) is 8.56. The van der Waals surface area contributed by atoms with Crippen molar-refractivity contribution in [2.75, 3.05) is 11.7 Å². The zero-order chi connectivity index (χ0) is 19.2. The van der Waals surface area contributed by atoms with Gasteiger partial charge in [-0.25, -0.2) is 4.98 Å². The van der Waals surface area contributed by atoms with Crippen LogP contribution >= 0.6 is 0 Å². The van der Waals surface area contributed by atoms with Crippen molar-refractivity contribution in [2.24, 2.45) is 0 Å². The molecule has 0 spiro atoms. The van der Waals surface area contributed by atoms with E-state index in [1.165, 1.54) is 19.3 Å². The van der Waals surface area contributed by atoms with Crippen molar-refractivity contribution in [3.63, 3.8) is 0 Å². The quantitative estimate of drug-likeness (QED) is 0.746. The molecule has 0 bridgehead atoms. The molecule has 1 aliphatic heterocycles. The molecule has 5 heteroatoms. The van der Waals surface area contributed by atoms with Gasteiger partial charge in [0.2, 0.25) is 12.7 Å². The van der Waals surface area contributed by atoms with Crippen LogP contribution in [0.25, 0.3) is 0 Å². The molecular formula is C23H24N2O3. The topological polar surface area (TPSA) is 51.7 Å². The van der Waals surface area contributed by atoms with Crippen molar-refractivity contribution in [2.45, 2.75) is 51.0 Å². The lowest BCUT2D eigenvalue weighted by atomic mass is 9.94. The van der Waals surface area contributed by atoms with Crippen molar-refractivity contribution in [1.82, 2.24) is 4.98 Å². The highest BCUT2D eigenvalue weighted by Gasteiger charge is 2.27. The van der Waals surface area contributed by atoms with Gasteiger partial charge in [0.15, 0.2) is 11.5 Å². The molecule has 144 valence electrons. The first-order chi connectivity index (χ1) is 13.8. The van der Waals surface area contributed by atoms with Gasteiger partial charge in [-0.3, -0.25) is 9.69 Å². The lowest BCUT2D eigenvalue weighted by Crippen LogP contribution is -2.42. The van der Waals surface area contributed by atoms with Crippen molar-refractivity contribution in [3.8, 4) is 23.3 Å². The van der Waals surface area contributed by atoms with Gasteiger partial charge < -0.3 is 9.47 Å². The Morgan fingerprint density at radius 2 is 1.96 bits per heavy atom. The van der Waals surface area contributed by atoms with Crippen molar-refractivity contribution >= 4 is 11.7 Å². The monoisotopic (exact) mass is 376 g/mol. The number of pyridine rings is 1. The summed E-state index contributed by atoms with van der Waals surface area (Å²) in [7, 11) is 0. The summed E-state index contributed by atoms with van der Waals surface area (Å²) in [6, 6.07) is 11.6. The van der Waals surface area contributed by atoms with E-state index in [1.807, 2.05) is 41.3 Å². The standard InChI is InChI=1S/C23H24N2O3/c26-23(12-5-4-8-18-13-14-20-21(16-18)28-17-27-20)25(19-9-2-1-3-10-19)22-11-6-7-15-24-22/h6-7,11,13-16,19H,1-3,5,9-10,12,17H2. The Bertz CT molecular complexity index is 880. The highest BCUT2D eigenvalue weighted by atomic mass is 16.7. The second-order valence-electron chi connectivity index (χ2n) is 7.11. The Labute approximate surface area is 165 Å². The Kier molecular flexibility index (Phi) is 5.77. The fourth-order valence-electron chi connectivity index (χ4n) is 3.78. The Morgan fingerprint density at radius 3 is 2.79 bits per heavy atom. The number of anilines is 1. The SMILES string of the molecule is O=C(CCC#Cc1ccc2c(c1)OCO2)N(c1ccccn1)C1CCCCC1. The summed E-state index contributed by atoms with van der Waals surface area (Å²) in [5.41, 5.74) is 0.866. The molecule has 0 unspecified atom stereocenters. The molecule has 2 aliphatic rings. The van der Waals surface area contributed by atoms with E-state index in [-0.39, 0.29) is 18.7 Å². The van der Waals surface area contributed by atoms with Crippen LogP contribution in [-0.2, 0) is 4.79 Å². The molecule has 1 aliphatic carbocycles. The predicted molar refractivity (Wildman–Crippen MR) is 107 cm³/mol. The smallest absolute Gasteiger partial charge is 0.231 e. The predicted octanol–water partition coefficient (Wildman–Crippen LogP) is 4.31. The summed E-state index contributed by atoms with van der Waals surface area (Å²) in [6.07, 6.45) is 8.35. The summed E-state index contributed by atoms with van der Waals surface area (Å²) in [6.45, 7) is 0.255. The molecule has 1 fully saturated rings. The van der Waals surface area contributed by atoms with Crippen molar-refractivity contribution in [3.05, 3.63) is 48.2 Å². The Morgan fingerprint density at radius 1 is 1.11 bits per heavy atom. The first kappa shape index (κ1) is 18.4. The molecule has 0 saturated heterocycles. The third-order valence-corrected chi connectivity index (χ3v) is 5.17. The van der Waals surface area contributed by atoms with E-state index >= 15 is 0 Å². The molecule has 2 heterocycles. The van der Waals surface area contributed by atoms with Gasteiger partial charge >= 0.3 is 0 Å². The Hall–Kier alpha value is -3.00. The normalized spacial score (nSPS) is 15.6. The molecule has 1 aromatic heterocycles. The minimum Gasteiger partial charge on any atom is -0.454 e. The van der Waals surface area contributed by atoms with Gasteiger partial charge in [0.1, 0.15) is 5.82 Å². The number of fused-ring (bicyclic) bond motifs is 1. The number of nitrogens with zero attached hydrogens (tertiary/aromatic N) is 2. The first-order valence-corrected chi connectivity index (χ1v) is 9.93. The zero-order valence-electron chi connectivity index (χ0n) is 15.9. The van der Waals surface area contributed by atoms with Crippen LogP contribution in [0, 0.1) is 11.8 Å². The summed E-state index contributed by atoms with van der Waals surface area (Å²) < 4.78 is 10.7. The van der Waals surface area contributed by atoms with Gasteiger partial charge in [-0.05, 0) is 43.2 Å². The number of ether oxygens (including phenoxy) is 2. The van der Waals surface area contributed by atoms with Crippen LogP contribution < -0.4 is 14.4 Å². The summed E-state index contributed by atoms with van der Waals surface area (Å²) >= 11 is 0. The maximum Gasteiger partial charge on any atom is 0.231 e. The molecule has 0 atom stereocenters. The second kappa shape index (κ2) is 8.79. The van der Waals surface area contributed by atoms with E-state index in [4.69, 9.17) is 9.47 Å². The van der Waals surface area contributed by atoms with Gasteiger partial charge in [0.05, 0.1) is 0 Å². The molecule has 1 saturated carbocycles. The van der Waals surface area contributed by atoms with Crippen LogP contribution in [0.3, 0.4) is 0 Å². The number of amides is 1. The molecule has 2 aromatic rings. The first-order valence-electron chi connectivity index (χ1n) is 9.93. The molecule has 28 heavy (non-hydrogen) atoms. The number of benzene rings is 1. The average Bonchev–Trinajstić information content (AvgIpc) is 3.21. The maximum absolute atomic E-state index is 13.0. The molecule has 5 nitrogen and oxygen atoms in total. The third kappa shape index (κ3) is 4.28. The number of carbonyl (C=O) groups is 1. The molecule has 0 radical (unpaired) electrons. The van der Waals surface area contributed by atoms with Gasteiger partial charge in [-0.2, -0.15) is 0 Å². The number of hydrogen-bond acceptors (Lipinski definition) is 4. The Balaban J connectivity index is 1.41. The third-order valence-electron chi connectivity index (χ3n) is 5.17. The molecule has 1 amide bonds. The van der Waals surface area contributed by atoms with Crippen molar-refractivity contribution < 1.29 is 14.3 Å². The largest absolute Gasteiger partial charge is 0.454 e. The lowest BCUT2D eigenvalue weighted by molar-refractivity contribution is -0.119. The van der Waals surface area contributed by atoms with Crippen LogP contribution in [0.15, 0.2) is 42.6 Å². The fourth-order valence-corrected chi connectivity index (χ4v) is 3.78. The van der Waals surface area contributed by atoms with Crippen LogP contribution in [0.2, 0.25) is 0 Å². The van der Waals surface area contributed by atoms with E-state index in [0.717, 1.165) is 35.7 Å². The van der Waals surface area contributed by atoms with Crippen LogP contribution in [-0.4, -0.2) is 23.7 Å². The molecule has 0 N–H and O–H groups in total. The lowest BCUT2D eigenvalue weighted by Gasteiger charge is -2.33. The van der Waals surface area contributed by atoms with Gasteiger partial charge in [0.25, 0.3) is 0 Å². The van der Waals surface area contributed by atoms with E-state index in [1.54, 1.807) is 6.20 Å². The van der Waals surface area contributed by atoms with Crippen LogP contribution in [0.5, 0.6) is 11.5 Å². The molecular weight excluding hydrogens is 352 g/mol. The fraction of sp³-hybridized carbons (Fsp3) is 0.391. The zero-order valence-corrected chi connectivity index (χ0v) is 15.9. The molecule has 4 rings (SSSR count). The summed E-state index contributed by atoms with van der Waals surface area (Å²) in [4.78, 5) is 19.3. The number of hydrogen-bond donors (Lipinski definition) is 0. The van der Waals surface area contributed by atoms with E-state index in [9.17, 15) is 4.79 Å². The van der Waals surface area contributed by atoms with E-state index < -0.39 is 0 Å². The van der Waals surface area contributed by atoms with Crippen LogP contribution in [0.1, 0.15) is 50.5 Å². The highest BCUT2D eigenvalue weighted by Crippen LogP contribution is 2.32. The number of rotatable bonds is 4. The average molecular weight is 376 g/mol. The number of aromatic nitrogens is 1. The van der Waals surface area contributed by atoms with Gasteiger partial charge in [0, 0.05) is 30.6 Å². The van der Waals surface area contributed by atoms with Crippen LogP contribution in [0.4, 0.5) is 5.82 Å². The second-order valence-corrected chi connectivity index (χ2v) is 7.11. The maximum atomic E-state index is 13.0. The summed E-state index contributed by atoms with van der Waals surface area (Å²) in [5, 5.41) is 0. The minimum absolute atomic E-state index is 0.102. The molecule has 1 aromatic carbocycles.